The Bertz CT molecular complexity index is 747. The van der Waals surface area contributed by atoms with E-state index in [0.717, 1.165) is 22.6 Å². The maximum Gasteiger partial charge on any atom is 0.308 e. The average molecular weight is 314 g/mol. The minimum Gasteiger partial charge on any atom is -0.481 e. The second-order valence-corrected chi connectivity index (χ2v) is 5.91. The number of nitrogens with zero attached hydrogens (tertiary/aromatic N) is 1. The maximum absolute atomic E-state index is 12.3. The highest BCUT2D eigenvalue weighted by Gasteiger charge is 2.18. The first-order valence-corrected chi connectivity index (χ1v) is 7.58. The molecule has 0 aliphatic carbocycles. The summed E-state index contributed by atoms with van der Waals surface area (Å²) in [7, 11) is 0. The molecule has 0 aliphatic rings. The second-order valence-electron chi connectivity index (χ2n) is 5.91. The van der Waals surface area contributed by atoms with E-state index in [1.54, 1.807) is 6.92 Å². The summed E-state index contributed by atoms with van der Waals surface area (Å²) in [6.07, 6.45) is 0. The Morgan fingerprint density at radius 2 is 1.91 bits per heavy atom. The minimum atomic E-state index is -0.921. The van der Waals surface area contributed by atoms with Gasteiger partial charge in [-0.2, -0.15) is 0 Å². The molecule has 1 aromatic carbocycles. The number of hydrogen-bond acceptors (Lipinski definition) is 2. The second kappa shape index (κ2) is 6.69. The highest BCUT2D eigenvalue weighted by Crippen LogP contribution is 2.21. The zero-order chi connectivity index (χ0) is 17.1. The van der Waals surface area contributed by atoms with Crippen molar-refractivity contribution in [2.75, 3.05) is 6.54 Å². The molecule has 2 N–H and O–H groups in total. The van der Waals surface area contributed by atoms with Crippen LogP contribution in [0.3, 0.4) is 0 Å². The Kier molecular flexibility index (Phi) is 4.89. The number of carboxylic acids is 1. The Hall–Kier alpha value is -2.56. The van der Waals surface area contributed by atoms with Crippen molar-refractivity contribution in [2.45, 2.75) is 27.7 Å². The van der Waals surface area contributed by atoms with Gasteiger partial charge >= 0.3 is 5.97 Å². The van der Waals surface area contributed by atoms with Crippen molar-refractivity contribution in [3.63, 3.8) is 0 Å². The molecule has 1 atom stereocenters. The van der Waals surface area contributed by atoms with Crippen LogP contribution in [0.15, 0.2) is 30.3 Å². The van der Waals surface area contributed by atoms with Crippen LogP contribution in [0.25, 0.3) is 5.69 Å². The van der Waals surface area contributed by atoms with Gasteiger partial charge < -0.3 is 15.0 Å². The largest absolute Gasteiger partial charge is 0.481 e. The predicted molar refractivity (Wildman–Crippen MR) is 89.1 cm³/mol. The number of carbonyl (C=O) groups is 2. The number of aryl methyl sites for hydroxylation is 2. The quantitative estimate of drug-likeness (QED) is 0.891. The van der Waals surface area contributed by atoms with E-state index >= 15 is 0 Å². The van der Waals surface area contributed by atoms with Gasteiger partial charge in [-0.1, -0.05) is 19.1 Å². The van der Waals surface area contributed by atoms with Crippen LogP contribution in [0.2, 0.25) is 0 Å². The van der Waals surface area contributed by atoms with E-state index in [0.29, 0.717) is 5.56 Å². The van der Waals surface area contributed by atoms with Crippen LogP contribution < -0.4 is 5.32 Å². The van der Waals surface area contributed by atoms with Crippen molar-refractivity contribution in [1.82, 2.24) is 9.88 Å². The van der Waals surface area contributed by atoms with Crippen molar-refractivity contribution >= 4 is 11.9 Å². The first-order chi connectivity index (χ1) is 10.8. The lowest BCUT2D eigenvalue weighted by Gasteiger charge is -2.11. The van der Waals surface area contributed by atoms with Crippen LogP contribution in [-0.4, -0.2) is 28.1 Å². The fraction of sp³-hybridized carbons (Fsp3) is 0.333. The summed E-state index contributed by atoms with van der Waals surface area (Å²) >= 11 is 0. The number of hydrogen-bond donors (Lipinski definition) is 2. The summed E-state index contributed by atoms with van der Waals surface area (Å²) in [5.41, 5.74) is 4.54. The number of amides is 1. The molecule has 1 amide bonds. The van der Waals surface area contributed by atoms with Crippen LogP contribution in [0.4, 0.5) is 0 Å². The lowest BCUT2D eigenvalue weighted by Crippen LogP contribution is -2.31. The van der Waals surface area contributed by atoms with Crippen LogP contribution >= 0.6 is 0 Å². The SMILES string of the molecule is Cc1cccc(-n2c(C)cc(C(=O)NCC(C)C(=O)O)c2C)c1. The van der Waals surface area contributed by atoms with Gasteiger partial charge in [0.2, 0.25) is 0 Å². The number of nitrogens with one attached hydrogen (secondary N) is 1. The number of aliphatic carboxylic acids is 1. The van der Waals surface area contributed by atoms with E-state index in [9.17, 15) is 9.59 Å². The molecule has 1 aromatic heterocycles. The Morgan fingerprint density at radius 3 is 2.52 bits per heavy atom. The summed E-state index contributed by atoms with van der Waals surface area (Å²) in [5, 5.41) is 11.6. The van der Waals surface area contributed by atoms with Crippen molar-refractivity contribution in [3.8, 4) is 5.69 Å². The third-order valence-corrected chi connectivity index (χ3v) is 3.93. The molecule has 2 rings (SSSR count). The monoisotopic (exact) mass is 314 g/mol. The smallest absolute Gasteiger partial charge is 0.308 e. The number of carboxylic acid groups (broad SMARTS) is 1. The molecule has 23 heavy (non-hydrogen) atoms. The van der Waals surface area contributed by atoms with Gasteiger partial charge in [0.25, 0.3) is 5.91 Å². The van der Waals surface area contributed by atoms with Gasteiger partial charge in [-0.15, -0.1) is 0 Å². The summed E-state index contributed by atoms with van der Waals surface area (Å²) < 4.78 is 2.03. The molecule has 1 unspecified atom stereocenters. The molecule has 0 aliphatic heterocycles. The van der Waals surface area contributed by atoms with Crippen molar-refractivity contribution in [2.24, 2.45) is 5.92 Å². The molecule has 0 radical (unpaired) electrons. The Labute approximate surface area is 135 Å². The molecule has 0 spiro atoms. The van der Waals surface area contributed by atoms with Crippen molar-refractivity contribution < 1.29 is 14.7 Å². The van der Waals surface area contributed by atoms with Crippen molar-refractivity contribution in [1.29, 1.82) is 0 Å². The number of carbonyl (C=O) groups excluding carboxylic acids is 1. The van der Waals surface area contributed by atoms with E-state index in [1.165, 1.54) is 0 Å². The average Bonchev–Trinajstić information content (AvgIpc) is 2.79. The van der Waals surface area contributed by atoms with Crippen molar-refractivity contribution in [3.05, 3.63) is 52.8 Å². The van der Waals surface area contributed by atoms with Gasteiger partial charge in [-0.05, 0) is 44.5 Å². The normalized spacial score (nSPS) is 12.0. The van der Waals surface area contributed by atoms with Gasteiger partial charge in [0, 0.05) is 23.6 Å². The van der Waals surface area contributed by atoms with Gasteiger partial charge in [0.15, 0.2) is 0 Å². The zero-order valence-electron chi connectivity index (χ0n) is 13.9. The van der Waals surface area contributed by atoms with Crippen LogP contribution in [0.1, 0.15) is 34.2 Å². The fourth-order valence-corrected chi connectivity index (χ4v) is 2.59. The van der Waals surface area contributed by atoms with Crippen LogP contribution in [-0.2, 0) is 4.79 Å². The van der Waals surface area contributed by atoms with Gasteiger partial charge in [0.1, 0.15) is 0 Å². The highest BCUT2D eigenvalue weighted by atomic mass is 16.4. The van der Waals surface area contributed by atoms with E-state index in [1.807, 2.05) is 49.6 Å². The highest BCUT2D eigenvalue weighted by molar-refractivity contribution is 5.96. The predicted octanol–water partition coefficient (Wildman–Crippen LogP) is 2.85. The molecule has 5 heteroatoms. The summed E-state index contributed by atoms with van der Waals surface area (Å²) in [6, 6.07) is 9.91. The van der Waals surface area contributed by atoms with Crippen LogP contribution in [0.5, 0.6) is 0 Å². The molecular formula is C18H22N2O3. The fourth-order valence-electron chi connectivity index (χ4n) is 2.59. The standard InChI is InChI=1S/C18H22N2O3/c1-11-6-5-7-15(8-11)20-13(3)9-16(14(20)4)17(21)19-10-12(2)18(22)23/h5-9,12H,10H2,1-4H3,(H,19,21)(H,22,23). The molecule has 0 saturated heterocycles. The molecule has 122 valence electrons. The topological polar surface area (TPSA) is 71.3 Å². The number of benzene rings is 1. The maximum atomic E-state index is 12.3. The molecule has 0 saturated carbocycles. The molecule has 0 bridgehead atoms. The summed E-state index contributed by atoms with van der Waals surface area (Å²) in [6.45, 7) is 7.55. The molecular weight excluding hydrogens is 292 g/mol. The van der Waals surface area contributed by atoms with E-state index < -0.39 is 11.9 Å². The number of aromatic nitrogens is 1. The molecule has 5 nitrogen and oxygen atoms in total. The third kappa shape index (κ3) is 3.62. The summed E-state index contributed by atoms with van der Waals surface area (Å²) in [4.78, 5) is 23.2. The first kappa shape index (κ1) is 16.8. The summed E-state index contributed by atoms with van der Waals surface area (Å²) in [5.74, 6) is -1.78. The minimum absolute atomic E-state index is 0.113. The molecule has 0 fully saturated rings. The Morgan fingerprint density at radius 1 is 1.22 bits per heavy atom. The Balaban J connectivity index is 2.27. The zero-order valence-corrected chi connectivity index (χ0v) is 13.9. The van der Waals surface area contributed by atoms with E-state index in [-0.39, 0.29) is 12.5 Å². The third-order valence-electron chi connectivity index (χ3n) is 3.93. The van der Waals surface area contributed by atoms with Gasteiger partial charge in [-0.3, -0.25) is 9.59 Å². The first-order valence-electron chi connectivity index (χ1n) is 7.58. The lowest BCUT2D eigenvalue weighted by molar-refractivity contribution is -0.140. The number of rotatable bonds is 5. The lowest BCUT2D eigenvalue weighted by atomic mass is 10.1. The van der Waals surface area contributed by atoms with Gasteiger partial charge in [-0.25, -0.2) is 0 Å². The van der Waals surface area contributed by atoms with Crippen LogP contribution in [0, 0.1) is 26.7 Å². The molecule has 2 aromatic rings. The van der Waals surface area contributed by atoms with Gasteiger partial charge in [0.05, 0.1) is 11.5 Å². The van der Waals surface area contributed by atoms with E-state index in [4.69, 9.17) is 5.11 Å². The molecule has 1 heterocycles. The van der Waals surface area contributed by atoms with E-state index in [2.05, 4.69) is 11.4 Å².